The Bertz CT molecular complexity index is 945. The molecule has 0 unspecified atom stereocenters. The Morgan fingerprint density at radius 2 is 1.88 bits per heavy atom. The Balaban J connectivity index is 1.81. The quantitative estimate of drug-likeness (QED) is 0.542. The van der Waals surface area contributed by atoms with E-state index in [0.717, 1.165) is 10.8 Å². The van der Waals surface area contributed by atoms with Gasteiger partial charge in [0.1, 0.15) is 0 Å². The molecule has 0 saturated carbocycles. The Labute approximate surface area is 142 Å². The number of anilines is 1. The number of hydrazine groups is 1. The smallest absolute Gasteiger partial charge is 0.270 e. The zero-order chi connectivity index (χ0) is 17.1. The first-order chi connectivity index (χ1) is 11.6. The second-order valence-corrected chi connectivity index (χ2v) is 5.28. The van der Waals surface area contributed by atoms with Gasteiger partial charge < -0.3 is 0 Å². The summed E-state index contributed by atoms with van der Waals surface area (Å²) in [5.41, 5.74) is 6.83. The highest BCUT2D eigenvalue weighted by Crippen LogP contribution is 2.25. The molecule has 1 aromatic heterocycles. The standard InChI is InChI=1S/C16H12ClN5O2/c1-10(11-5-4-6-12(9-11)22(23)24)18-20-16-14-8-3-2-7-13(14)15(17)19-21-16/h2-9,18H,1H2,(H,20,21). The summed E-state index contributed by atoms with van der Waals surface area (Å²) < 4.78 is 0. The maximum atomic E-state index is 10.8. The summed E-state index contributed by atoms with van der Waals surface area (Å²) >= 11 is 6.03. The molecule has 0 aliphatic heterocycles. The van der Waals surface area contributed by atoms with Crippen LogP contribution >= 0.6 is 11.6 Å². The van der Waals surface area contributed by atoms with Crippen LogP contribution in [0.4, 0.5) is 11.5 Å². The van der Waals surface area contributed by atoms with Crippen molar-refractivity contribution >= 4 is 39.6 Å². The van der Waals surface area contributed by atoms with E-state index >= 15 is 0 Å². The predicted octanol–water partition coefficient (Wildman–Crippen LogP) is 3.78. The van der Waals surface area contributed by atoms with Gasteiger partial charge in [-0.3, -0.25) is 21.0 Å². The van der Waals surface area contributed by atoms with Crippen molar-refractivity contribution in [3.63, 3.8) is 0 Å². The second kappa shape index (κ2) is 6.51. The van der Waals surface area contributed by atoms with Crippen LogP contribution in [-0.2, 0) is 0 Å². The van der Waals surface area contributed by atoms with Crippen molar-refractivity contribution in [3.05, 3.63) is 75.9 Å². The molecule has 0 atom stereocenters. The van der Waals surface area contributed by atoms with E-state index in [2.05, 4.69) is 27.6 Å². The number of nitro benzene ring substituents is 1. The van der Waals surface area contributed by atoms with Gasteiger partial charge in [-0.05, 0) is 0 Å². The highest BCUT2D eigenvalue weighted by molar-refractivity contribution is 6.34. The van der Waals surface area contributed by atoms with Crippen molar-refractivity contribution in [1.29, 1.82) is 0 Å². The molecule has 0 fully saturated rings. The molecule has 0 spiro atoms. The van der Waals surface area contributed by atoms with E-state index in [1.165, 1.54) is 12.1 Å². The van der Waals surface area contributed by atoms with Crippen LogP contribution in [0.2, 0.25) is 5.15 Å². The van der Waals surface area contributed by atoms with Crippen molar-refractivity contribution < 1.29 is 4.92 Å². The minimum atomic E-state index is -0.456. The Hall–Kier alpha value is -3.19. The van der Waals surface area contributed by atoms with Gasteiger partial charge in [0.05, 0.1) is 10.6 Å². The highest BCUT2D eigenvalue weighted by atomic mass is 35.5. The number of nitrogens with zero attached hydrogens (tertiary/aromatic N) is 3. The number of halogens is 1. The summed E-state index contributed by atoms with van der Waals surface area (Å²) in [5, 5.41) is 20.6. The molecule has 2 aromatic carbocycles. The van der Waals surface area contributed by atoms with E-state index < -0.39 is 4.92 Å². The molecule has 3 aromatic rings. The molecule has 120 valence electrons. The van der Waals surface area contributed by atoms with Crippen LogP contribution in [-0.4, -0.2) is 15.1 Å². The van der Waals surface area contributed by atoms with Gasteiger partial charge in [0, 0.05) is 28.5 Å². The summed E-state index contributed by atoms with van der Waals surface area (Å²) in [6.07, 6.45) is 0. The van der Waals surface area contributed by atoms with Crippen molar-refractivity contribution in [2.75, 3.05) is 5.43 Å². The zero-order valence-corrected chi connectivity index (χ0v) is 13.1. The van der Waals surface area contributed by atoms with Crippen molar-refractivity contribution in [1.82, 2.24) is 15.6 Å². The summed E-state index contributed by atoms with van der Waals surface area (Å²) in [4.78, 5) is 10.4. The summed E-state index contributed by atoms with van der Waals surface area (Å²) in [6.45, 7) is 3.87. The summed E-state index contributed by atoms with van der Waals surface area (Å²) in [6, 6.07) is 13.6. The Morgan fingerprint density at radius 1 is 1.12 bits per heavy atom. The normalized spacial score (nSPS) is 10.4. The number of non-ortho nitro benzene ring substituents is 1. The molecule has 0 aliphatic rings. The SMILES string of the molecule is C=C(NNc1nnc(Cl)c2ccccc12)c1cccc([N+](=O)[O-])c1. The van der Waals surface area contributed by atoms with Gasteiger partial charge in [0.25, 0.3) is 5.69 Å². The molecule has 0 radical (unpaired) electrons. The van der Waals surface area contributed by atoms with E-state index in [1.54, 1.807) is 12.1 Å². The number of fused-ring (bicyclic) bond motifs is 1. The van der Waals surface area contributed by atoms with Gasteiger partial charge in [-0.1, -0.05) is 54.6 Å². The molecule has 24 heavy (non-hydrogen) atoms. The predicted molar refractivity (Wildman–Crippen MR) is 93.4 cm³/mol. The lowest BCUT2D eigenvalue weighted by molar-refractivity contribution is -0.384. The van der Waals surface area contributed by atoms with E-state index in [-0.39, 0.29) is 5.69 Å². The molecule has 0 bridgehead atoms. The van der Waals surface area contributed by atoms with E-state index in [0.29, 0.717) is 22.2 Å². The molecular formula is C16H12ClN5O2. The lowest BCUT2D eigenvalue weighted by Gasteiger charge is -2.13. The highest BCUT2D eigenvalue weighted by Gasteiger charge is 2.09. The van der Waals surface area contributed by atoms with Crippen molar-refractivity contribution in [2.24, 2.45) is 0 Å². The van der Waals surface area contributed by atoms with Gasteiger partial charge in [0.2, 0.25) is 0 Å². The van der Waals surface area contributed by atoms with Gasteiger partial charge in [-0.25, -0.2) is 0 Å². The molecule has 0 amide bonds. The molecule has 7 nitrogen and oxygen atoms in total. The van der Waals surface area contributed by atoms with Gasteiger partial charge in [-0.2, -0.15) is 0 Å². The lowest BCUT2D eigenvalue weighted by Crippen LogP contribution is -2.20. The third-order valence-electron chi connectivity index (χ3n) is 3.38. The number of nitrogens with one attached hydrogen (secondary N) is 2. The van der Waals surface area contributed by atoms with Crippen LogP contribution < -0.4 is 10.9 Å². The summed E-state index contributed by atoms with van der Waals surface area (Å²) in [5.74, 6) is 0.474. The molecular weight excluding hydrogens is 330 g/mol. The van der Waals surface area contributed by atoms with Crippen molar-refractivity contribution in [3.8, 4) is 0 Å². The minimum Gasteiger partial charge on any atom is -0.300 e. The van der Waals surface area contributed by atoms with Crippen molar-refractivity contribution in [2.45, 2.75) is 0 Å². The molecule has 2 N–H and O–H groups in total. The molecule has 0 aliphatic carbocycles. The maximum Gasteiger partial charge on any atom is 0.270 e. The first kappa shape index (κ1) is 15.7. The van der Waals surface area contributed by atoms with E-state index in [9.17, 15) is 10.1 Å². The van der Waals surface area contributed by atoms with Crippen LogP contribution in [0.1, 0.15) is 5.56 Å². The number of nitro groups is 1. The molecule has 1 heterocycles. The fourth-order valence-electron chi connectivity index (χ4n) is 2.18. The van der Waals surface area contributed by atoms with Crippen LogP contribution in [0.25, 0.3) is 16.5 Å². The number of benzene rings is 2. The van der Waals surface area contributed by atoms with Gasteiger partial charge in [-0.15, -0.1) is 10.2 Å². The summed E-state index contributed by atoms with van der Waals surface area (Å²) in [7, 11) is 0. The number of hydrogen-bond acceptors (Lipinski definition) is 6. The average Bonchev–Trinajstić information content (AvgIpc) is 2.61. The topological polar surface area (TPSA) is 93.0 Å². The Kier molecular flexibility index (Phi) is 4.26. The fraction of sp³-hybridized carbons (Fsp3) is 0. The first-order valence-corrected chi connectivity index (χ1v) is 7.31. The van der Waals surface area contributed by atoms with Crippen LogP contribution in [0.5, 0.6) is 0 Å². The number of hydrogen-bond donors (Lipinski definition) is 2. The second-order valence-electron chi connectivity index (χ2n) is 4.92. The number of rotatable bonds is 5. The largest absolute Gasteiger partial charge is 0.300 e. The van der Waals surface area contributed by atoms with Crippen LogP contribution in [0, 0.1) is 10.1 Å². The first-order valence-electron chi connectivity index (χ1n) is 6.93. The van der Waals surface area contributed by atoms with E-state index in [4.69, 9.17) is 11.6 Å². The molecule has 8 heteroatoms. The van der Waals surface area contributed by atoms with Gasteiger partial charge in [0.15, 0.2) is 11.0 Å². The third-order valence-corrected chi connectivity index (χ3v) is 3.66. The monoisotopic (exact) mass is 341 g/mol. The Morgan fingerprint density at radius 3 is 2.62 bits per heavy atom. The lowest BCUT2D eigenvalue weighted by atomic mass is 10.1. The van der Waals surface area contributed by atoms with Gasteiger partial charge >= 0.3 is 0 Å². The zero-order valence-electron chi connectivity index (χ0n) is 12.4. The third kappa shape index (κ3) is 3.11. The fourth-order valence-corrected chi connectivity index (χ4v) is 2.38. The molecule has 3 rings (SSSR count). The van der Waals surface area contributed by atoms with Crippen LogP contribution in [0.15, 0.2) is 55.1 Å². The number of aromatic nitrogens is 2. The van der Waals surface area contributed by atoms with Crippen LogP contribution in [0.3, 0.4) is 0 Å². The molecule has 0 saturated heterocycles. The van der Waals surface area contributed by atoms with E-state index in [1.807, 2.05) is 24.3 Å². The minimum absolute atomic E-state index is 0.00724. The maximum absolute atomic E-state index is 10.8. The average molecular weight is 342 g/mol.